The molecule has 17 heavy (non-hydrogen) atoms. The molecule has 0 amide bonds. The number of rotatable bonds is 5. The van der Waals surface area contributed by atoms with Gasteiger partial charge in [0.2, 0.25) is 0 Å². The summed E-state index contributed by atoms with van der Waals surface area (Å²) >= 11 is 1.78. The predicted octanol–water partition coefficient (Wildman–Crippen LogP) is 2.68. The van der Waals surface area contributed by atoms with Crippen molar-refractivity contribution in [1.29, 1.82) is 5.26 Å². The van der Waals surface area contributed by atoms with E-state index < -0.39 is 0 Å². The highest BCUT2D eigenvalue weighted by molar-refractivity contribution is 7.12. The van der Waals surface area contributed by atoms with Gasteiger partial charge in [0.1, 0.15) is 0 Å². The summed E-state index contributed by atoms with van der Waals surface area (Å²) in [6.07, 6.45) is 0.532. The van der Waals surface area contributed by atoms with Crippen molar-refractivity contribution in [1.82, 2.24) is 4.90 Å². The second-order valence-electron chi connectivity index (χ2n) is 4.63. The van der Waals surface area contributed by atoms with Crippen LogP contribution in [-0.2, 0) is 0 Å². The zero-order valence-corrected chi connectivity index (χ0v) is 11.8. The van der Waals surface area contributed by atoms with Gasteiger partial charge in [-0.3, -0.25) is 4.90 Å². The van der Waals surface area contributed by atoms with Gasteiger partial charge < -0.3 is 5.73 Å². The maximum Gasteiger partial charge on any atom is 0.0638 e. The van der Waals surface area contributed by atoms with E-state index in [1.807, 2.05) is 14.0 Å². The van der Waals surface area contributed by atoms with Crippen LogP contribution in [0.5, 0.6) is 0 Å². The predicted molar refractivity (Wildman–Crippen MR) is 72.9 cm³/mol. The van der Waals surface area contributed by atoms with Gasteiger partial charge in [-0.2, -0.15) is 5.26 Å². The third-order valence-corrected chi connectivity index (χ3v) is 4.14. The highest BCUT2D eigenvalue weighted by atomic mass is 32.1. The van der Waals surface area contributed by atoms with Crippen LogP contribution in [0.4, 0.5) is 0 Å². The Hall–Kier alpha value is -0.890. The van der Waals surface area contributed by atoms with Crippen molar-refractivity contribution < 1.29 is 0 Å². The molecule has 1 aromatic heterocycles. The molecule has 0 aliphatic heterocycles. The fourth-order valence-corrected chi connectivity index (χ4v) is 3.14. The summed E-state index contributed by atoms with van der Waals surface area (Å²) < 4.78 is 0. The molecule has 0 aliphatic carbocycles. The highest BCUT2D eigenvalue weighted by Crippen LogP contribution is 2.30. The van der Waals surface area contributed by atoms with Crippen LogP contribution in [0.25, 0.3) is 0 Å². The summed E-state index contributed by atoms with van der Waals surface area (Å²) in [5.74, 6) is 0. The molecule has 0 spiro atoms. The van der Waals surface area contributed by atoms with Gasteiger partial charge in [0.15, 0.2) is 0 Å². The monoisotopic (exact) mass is 251 g/mol. The van der Waals surface area contributed by atoms with Gasteiger partial charge in [0.05, 0.1) is 18.5 Å². The fourth-order valence-electron chi connectivity index (χ4n) is 1.99. The number of nitrogens with two attached hydrogens (primary N) is 1. The lowest BCUT2D eigenvalue weighted by atomic mass is 10.0. The minimum Gasteiger partial charge on any atom is -0.326 e. The zero-order chi connectivity index (χ0) is 13.0. The molecule has 0 aliphatic rings. The molecule has 0 bridgehead atoms. The lowest BCUT2D eigenvalue weighted by Crippen LogP contribution is -2.41. The summed E-state index contributed by atoms with van der Waals surface area (Å²) in [5.41, 5.74) is 6.09. The first-order valence-electron chi connectivity index (χ1n) is 5.88. The summed E-state index contributed by atoms with van der Waals surface area (Å²) in [4.78, 5) is 4.79. The largest absolute Gasteiger partial charge is 0.326 e. The van der Waals surface area contributed by atoms with Crippen LogP contribution in [0, 0.1) is 18.3 Å². The number of hydrogen-bond donors (Lipinski definition) is 1. The van der Waals surface area contributed by atoms with Crippen LogP contribution < -0.4 is 5.73 Å². The lowest BCUT2D eigenvalue weighted by molar-refractivity contribution is 0.169. The average molecular weight is 251 g/mol. The molecule has 94 valence electrons. The van der Waals surface area contributed by atoms with Gasteiger partial charge in [0, 0.05) is 21.8 Å². The first-order valence-corrected chi connectivity index (χ1v) is 6.69. The van der Waals surface area contributed by atoms with E-state index in [9.17, 15) is 0 Å². The minimum atomic E-state index is 0.0548. The first kappa shape index (κ1) is 14.2. The Morgan fingerprint density at radius 3 is 2.53 bits per heavy atom. The number of thiophene rings is 1. The van der Waals surface area contributed by atoms with Crippen molar-refractivity contribution in [2.24, 2.45) is 5.73 Å². The molecule has 3 atom stereocenters. The second-order valence-corrected chi connectivity index (χ2v) is 5.95. The smallest absolute Gasteiger partial charge is 0.0638 e. The normalized spacial score (nSPS) is 16.5. The van der Waals surface area contributed by atoms with Gasteiger partial charge in [-0.25, -0.2) is 0 Å². The van der Waals surface area contributed by atoms with Gasteiger partial charge in [-0.05, 0) is 40.0 Å². The Labute approximate surface area is 108 Å². The summed E-state index contributed by atoms with van der Waals surface area (Å²) in [6, 6.07) is 6.95. The maximum atomic E-state index is 8.78. The van der Waals surface area contributed by atoms with E-state index in [0.29, 0.717) is 6.42 Å². The van der Waals surface area contributed by atoms with Crippen molar-refractivity contribution in [3.05, 3.63) is 21.9 Å². The van der Waals surface area contributed by atoms with Crippen molar-refractivity contribution >= 4 is 11.3 Å². The van der Waals surface area contributed by atoms with Gasteiger partial charge >= 0.3 is 0 Å². The number of aryl methyl sites for hydroxylation is 1. The molecule has 0 saturated heterocycles. The van der Waals surface area contributed by atoms with E-state index >= 15 is 0 Å². The highest BCUT2D eigenvalue weighted by Gasteiger charge is 2.25. The lowest BCUT2D eigenvalue weighted by Gasteiger charge is -2.34. The molecular formula is C13H21N3S. The Kier molecular flexibility index (Phi) is 5.13. The van der Waals surface area contributed by atoms with Gasteiger partial charge in [0.25, 0.3) is 0 Å². The Morgan fingerprint density at radius 2 is 2.12 bits per heavy atom. The Balaban J connectivity index is 2.90. The average Bonchev–Trinajstić information content (AvgIpc) is 2.64. The first-order chi connectivity index (χ1) is 7.97. The van der Waals surface area contributed by atoms with E-state index in [1.54, 1.807) is 11.3 Å². The van der Waals surface area contributed by atoms with E-state index in [-0.39, 0.29) is 18.1 Å². The maximum absolute atomic E-state index is 8.78. The van der Waals surface area contributed by atoms with Crippen LogP contribution >= 0.6 is 11.3 Å². The van der Waals surface area contributed by atoms with Crippen molar-refractivity contribution in [2.45, 2.75) is 45.3 Å². The van der Waals surface area contributed by atoms with Crippen molar-refractivity contribution in [3.63, 3.8) is 0 Å². The molecular weight excluding hydrogens is 230 g/mol. The summed E-state index contributed by atoms with van der Waals surface area (Å²) in [5, 5.41) is 8.78. The molecule has 0 aromatic carbocycles. The Bertz CT molecular complexity index is 392. The minimum absolute atomic E-state index is 0.0548. The van der Waals surface area contributed by atoms with Crippen LogP contribution in [0.15, 0.2) is 12.1 Å². The summed E-state index contributed by atoms with van der Waals surface area (Å²) in [6.45, 7) is 6.19. The third-order valence-electron chi connectivity index (χ3n) is 3.07. The SMILES string of the molecule is Cc1ccc(C(C(C)N)N(C)C(C)CC#N)s1. The van der Waals surface area contributed by atoms with E-state index in [4.69, 9.17) is 11.0 Å². The Morgan fingerprint density at radius 1 is 1.47 bits per heavy atom. The quantitative estimate of drug-likeness (QED) is 0.875. The number of nitriles is 1. The van der Waals surface area contributed by atoms with Gasteiger partial charge in [-0.15, -0.1) is 11.3 Å². The van der Waals surface area contributed by atoms with Crippen molar-refractivity contribution in [2.75, 3.05) is 7.05 Å². The molecule has 2 N–H and O–H groups in total. The number of hydrogen-bond acceptors (Lipinski definition) is 4. The van der Waals surface area contributed by atoms with Gasteiger partial charge in [-0.1, -0.05) is 0 Å². The molecule has 0 fully saturated rings. The molecule has 3 nitrogen and oxygen atoms in total. The van der Waals surface area contributed by atoms with E-state index in [1.165, 1.54) is 9.75 Å². The molecule has 0 saturated carbocycles. The molecule has 0 radical (unpaired) electrons. The number of nitrogens with zero attached hydrogens (tertiary/aromatic N) is 2. The fraction of sp³-hybridized carbons (Fsp3) is 0.615. The third kappa shape index (κ3) is 3.53. The van der Waals surface area contributed by atoms with Crippen LogP contribution in [0.2, 0.25) is 0 Å². The van der Waals surface area contributed by atoms with Crippen LogP contribution in [0.3, 0.4) is 0 Å². The van der Waals surface area contributed by atoms with Crippen LogP contribution in [0.1, 0.15) is 36.1 Å². The summed E-state index contributed by atoms with van der Waals surface area (Å²) in [7, 11) is 2.05. The molecule has 4 heteroatoms. The molecule has 1 aromatic rings. The number of likely N-dealkylation sites (N-methyl/N-ethyl adjacent to an activating group) is 1. The van der Waals surface area contributed by atoms with E-state index in [0.717, 1.165) is 0 Å². The van der Waals surface area contributed by atoms with Crippen LogP contribution in [-0.4, -0.2) is 24.0 Å². The molecule has 3 unspecified atom stereocenters. The molecule has 1 rings (SSSR count). The van der Waals surface area contributed by atoms with E-state index in [2.05, 4.69) is 36.9 Å². The molecule has 1 heterocycles. The topological polar surface area (TPSA) is 53.0 Å². The second kappa shape index (κ2) is 6.15. The van der Waals surface area contributed by atoms with Crippen molar-refractivity contribution in [3.8, 4) is 6.07 Å². The zero-order valence-electron chi connectivity index (χ0n) is 11.0. The standard InChI is InChI=1S/C13H21N3S/c1-9(7-8-14)16(4)13(11(3)15)12-6-5-10(2)17-12/h5-6,9,11,13H,7,15H2,1-4H3.